The van der Waals surface area contributed by atoms with Crippen LogP contribution < -0.4 is 4.74 Å². The minimum absolute atomic E-state index is 0.0941. The van der Waals surface area contributed by atoms with Crippen molar-refractivity contribution in [2.24, 2.45) is 0 Å². The van der Waals surface area contributed by atoms with Gasteiger partial charge in [0.1, 0.15) is 11.9 Å². The molecule has 0 aliphatic rings. The van der Waals surface area contributed by atoms with Gasteiger partial charge in [0.15, 0.2) is 0 Å². The standard InChI is InChI=1S/C25H36O5/c1-3-4-5-6-7-8-16-23(30-21(2)26)17-11-9-14-22-15-10-12-18-24(22)29-20-13-19-25(27)28/h9-12,14-15,17-18,23H,3-8,13,16,19-20H2,1-2H3,(H,27,28)/b14-9+,17-11+/t23-/m0/s1. The molecule has 30 heavy (non-hydrogen) atoms. The van der Waals surface area contributed by atoms with Crippen molar-refractivity contribution in [3.05, 3.63) is 48.1 Å². The molecule has 0 heterocycles. The maximum Gasteiger partial charge on any atom is 0.303 e. The predicted octanol–water partition coefficient (Wildman–Crippen LogP) is 6.18. The van der Waals surface area contributed by atoms with Crippen molar-refractivity contribution in [1.82, 2.24) is 0 Å². The smallest absolute Gasteiger partial charge is 0.303 e. The van der Waals surface area contributed by atoms with Gasteiger partial charge < -0.3 is 14.6 Å². The van der Waals surface area contributed by atoms with Crippen LogP contribution in [0.15, 0.2) is 42.5 Å². The fraction of sp³-hybridized carbons (Fsp3) is 0.520. The van der Waals surface area contributed by atoms with E-state index in [1.54, 1.807) is 0 Å². The Kier molecular flexibility index (Phi) is 13.8. The van der Waals surface area contributed by atoms with E-state index in [1.807, 2.05) is 48.6 Å². The van der Waals surface area contributed by atoms with Crippen molar-refractivity contribution in [1.29, 1.82) is 0 Å². The fourth-order valence-electron chi connectivity index (χ4n) is 3.04. The maximum absolute atomic E-state index is 11.4. The Labute approximate surface area is 180 Å². The van der Waals surface area contributed by atoms with E-state index in [0.717, 1.165) is 30.6 Å². The maximum atomic E-state index is 11.4. The highest BCUT2D eigenvalue weighted by molar-refractivity contribution is 5.66. The highest BCUT2D eigenvalue weighted by Gasteiger charge is 2.07. The molecule has 5 heteroatoms. The minimum Gasteiger partial charge on any atom is -0.493 e. The van der Waals surface area contributed by atoms with Gasteiger partial charge >= 0.3 is 11.9 Å². The lowest BCUT2D eigenvalue weighted by Gasteiger charge is -2.12. The number of rotatable bonds is 16. The zero-order chi connectivity index (χ0) is 22.0. The fourth-order valence-corrected chi connectivity index (χ4v) is 3.04. The van der Waals surface area contributed by atoms with E-state index in [2.05, 4.69) is 6.92 Å². The summed E-state index contributed by atoms with van der Waals surface area (Å²) >= 11 is 0. The number of ether oxygens (including phenoxy) is 2. The molecule has 0 fully saturated rings. The van der Waals surface area contributed by atoms with Gasteiger partial charge in [-0.25, -0.2) is 0 Å². The van der Waals surface area contributed by atoms with E-state index < -0.39 is 5.97 Å². The van der Waals surface area contributed by atoms with Gasteiger partial charge in [-0.2, -0.15) is 0 Å². The average molecular weight is 417 g/mol. The molecule has 1 rings (SSSR count). The number of hydrogen-bond donors (Lipinski definition) is 1. The van der Waals surface area contributed by atoms with Crippen molar-refractivity contribution in [3.63, 3.8) is 0 Å². The average Bonchev–Trinajstić information content (AvgIpc) is 2.71. The molecule has 0 aliphatic heterocycles. The molecule has 0 aliphatic carbocycles. The minimum atomic E-state index is -0.819. The van der Waals surface area contributed by atoms with Crippen molar-refractivity contribution in [3.8, 4) is 5.75 Å². The summed E-state index contributed by atoms with van der Waals surface area (Å²) in [4.78, 5) is 22.0. The Bertz CT molecular complexity index is 678. The van der Waals surface area contributed by atoms with E-state index in [9.17, 15) is 9.59 Å². The van der Waals surface area contributed by atoms with Gasteiger partial charge in [-0.15, -0.1) is 0 Å². The first-order valence-electron chi connectivity index (χ1n) is 11.0. The number of carbonyl (C=O) groups excluding carboxylic acids is 1. The first-order chi connectivity index (χ1) is 14.5. The van der Waals surface area contributed by atoms with E-state index in [0.29, 0.717) is 13.0 Å². The number of carboxylic acid groups (broad SMARTS) is 1. The van der Waals surface area contributed by atoms with Gasteiger partial charge in [0.05, 0.1) is 6.61 Å². The van der Waals surface area contributed by atoms with Gasteiger partial charge in [-0.05, 0) is 31.4 Å². The summed E-state index contributed by atoms with van der Waals surface area (Å²) in [6.07, 6.45) is 16.1. The molecule has 0 aromatic heterocycles. The lowest BCUT2D eigenvalue weighted by Crippen LogP contribution is -2.13. The first kappa shape index (κ1) is 25.5. The van der Waals surface area contributed by atoms with Crippen LogP contribution in [0.3, 0.4) is 0 Å². The Balaban J connectivity index is 2.54. The normalized spacial score (nSPS) is 12.3. The second-order valence-electron chi connectivity index (χ2n) is 7.33. The van der Waals surface area contributed by atoms with Crippen LogP contribution in [0, 0.1) is 0 Å². The molecule has 166 valence electrons. The second kappa shape index (κ2) is 16.3. The summed E-state index contributed by atoms with van der Waals surface area (Å²) in [6.45, 7) is 4.01. The second-order valence-corrected chi connectivity index (χ2v) is 7.33. The number of unbranched alkanes of at least 4 members (excludes halogenated alkanes) is 5. The number of para-hydroxylation sites is 1. The monoisotopic (exact) mass is 416 g/mol. The summed E-state index contributed by atoms with van der Waals surface area (Å²) in [5.74, 6) is -0.365. The predicted molar refractivity (Wildman–Crippen MR) is 121 cm³/mol. The van der Waals surface area contributed by atoms with E-state index in [-0.39, 0.29) is 18.5 Å². The van der Waals surface area contributed by atoms with Crippen molar-refractivity contribution >= 4 is 18.0 Å². The van der Waals surface area contributed by atoms with Crippen molar-refractivity contribution in [2.45, 2.75) is 77.7 Å². The molecule has 1 aromatic carbocycles. The molecule has 0 radical (unpaired) electrons. The molecule has 1 N–H and O–H groups in total. The summed E-state index contributed by atoms with van der Waals surface area (Å²) in [5.41, 5.74) is 0.914. The molecule has 1 atom stereocenters. The van der Waals surface area contributed by atoms with Gasteiger partial charge in [0.2, 0.25) is 0 Å². The molecule has 0 unspecified atom stereocenters. The molecular weight excluding hydrogens is 380 g/mol. The number of aliphatic carboxylic acids is 1. The molecule has 0 amide bonds. The summed E-state index contributed by atoms with van der Waals surface area (Å²) in [6, 6.07) is 7.62. The number of carbonyl (C=O) groups is 2. The lowest BCUT2D eigenvalue weighted by atomic mass is 10.1. The van der Waals surface area contributed by atoms with Crippen LogP contribution >= 0.6 is 0 Å². The van der Waals surface area contributed by atoms with E-state index in [4.69, 9.17) is 14.6 Å². The molecule has 0 saturated carbocycles. The largest absolute Gasteiger partial charge is 0.493 e. The Morgan fingerprint density at radius 1 is 1.03 bits per heavy atom. The lowest BCUT2D eigenvalue weighted by molar-refractivity contribution is -0.144. The van der Waals surface area contributed by atoms with Gasteiger partial charge in [0, 0.05) is 18.9 Å². The van der Waals surface area contributed by atoms with E-state index >= 15 is 0 Å². The van der Waals surface area contributed by atoms with Crippen LogP contribution in [-0.2, 0) is 14.3 Å². The van der Waals surface area contributed by atoms with Crippen LogP contribution in [0.1, 0.15) is 77.2 Å². The summed E-state index contributed by atoms with van der Waals surface area (Å²) in [5, 5.41) is 8.70. The SMILES string of the molecule is CCCCCCCC[C@@H](/C=C/C=C/c1ccccc1OCCCC(=O)O)OC(C)=O. The summed E-state index contributed by atoms with van der Waals surface area (Å²) < 4.78 is 11.1. The van der Waals surface area contributed by atoms with Crippen molar-refractivity contribution < 1.29 is 24.2 Å². The molecule has 5 nitrogen and oxygen atoms in total. The Hall–Kier alpha value is -2.56. The third-order valence-electron chi connectivity index (χ3n) is 4.58. The van der Waals surface area contributed by atoms with Gasteiger partial charge in [-0.3, -0.25) is 9.59 Å². The highest BCUT2D eigenvalue weighted by Crippen LogP contribution is 2.20. The number of esters is 1. The Morgan fingerprint density at radius 3 is 2.50 bits per heavy atom. The first-order valence-corrected chi connectivity index (χ1v) is 11.0. The summed E-state index contributed by atoms with van der Waals surface area (Å²) in [7, 11) is 0. The molecule has 0 spiro atoms. The van der Waals surface area contributed by atoms with Crippen LogP contribution in [-0.4, -0.2) is 29.8 Å². The third kappa shape index (κ3) is 12.8. The van der Waals surface area contributed by atoms with Crippen molar-refractivity contribution in [2.75, 3.05) is 6.61 Å². The number of hydrogen-bond acceptors (Lipinski definition) is 4. The molecule has 1 aromatic rings. The number of allylic oxidation sites excluding steroid dienone is 2. The highest BCUT2D eigenvalue weighted by atomic mass is 16.5. The number of carboxylic acids is 1. The van der Waals surface area contributed by atoms with Crippen LogP contribution in [0.25, 0.3) is 6.08 Å². The van der Waals surface area contributed by atoms with E-state index in [1.165, 1.54) is 32.6 Å². The Morgan fingerprint density at radius 2 is 1.77 bits per heavy atom. The van der Waals surface area contributed by atoms with Crippen LogP contribution in [0.5, 0.6) is 5.75 Å². The molecule has 0 bridgehead atoms. The number of benzene rings is 1. The zero-order valence-electron chi connectivity index (χ0n) is 18.3. The van der Waals surface area contributed by atoms with Gasteiger partial charge in [0.25, 0.3) is 0 Å². The quantitative estimate of drug-likeness (QED) is 0.198. The van der Waals surface area contributed by atoms with Crippen LogP contribution in [0.2, 0.25) is 0 Å². The molecule has 0 saturated heterocycles. The van der Waals surface area contributed by atoms with Gasteiger partial charge in [-0.1, -0.05) is 75.5 Å². The molecular formula is C25H36O5. The zero-order valence-corrected chi connectivity index (χ0v) is 18.3. The van der Waals surface area contributed by atoms with Crippen LogP contribution in [0.4, 0.5) is 0 Å². The topological polar surface area (TPSA) is 72.8 Å². The third-order valence-corrected chi connectivity index (χ3v) is 4.58.